The van der Waals surface area contributed by atoms with Crippen LogP contribution in [0.15, 0.2) is 170 Å². The van der Waals surface area contributed by atoms with Gasteiger partial charge in [0.15, 0.2) is 0 Å². The molecule has 0 aliphatic carbocycles. The first-order chi connectivity index (χ1) is 25.2. The molecule has 10 aromatic rings. The van der Waals surface area contributed by atoms with Crippen LogP contribution in [0.5, 0.6) is 0 Å². The summed E-state index contributed by atoms with van der Waals surface area (Å²) in [5.41, 5.74) is 5.21. The fourth-order valence-electron chi connectivity index (χ4n) is 9.41. The summed E-state index contributed by atoms with van der Waals surface area (Å²) in [5.74, 6) is 0. The maximum Gasteiger partial charge on any atom is 0.118 e. The van der Waals surface area contributed by atoms with E-state index in [0.717, 1.165) is 12.1 Å². The molecule has 0 spiro atoms. The molecule has 0 amide bonds. The average Bonchev–Trinajstić information content (AvgIpc) is 3.20. The van der Waals surface area contributed by atoms with Gasteiger partial charge >= 0.3 is 0 Å². The molecule has 10 aromatic carbocycles. The molecule has 1 heteroatoms. The Kier molecular flexibility index (Phi) is 6.88. The maximum atomic E-state index is 2.57. The molecular weight excluding hydrogens is 629 g/mol. The van der Waals surface area contributed by atoms with Crippen molar-refractivity contribution >= 4 is 83.1 Å². The number of rotatable bonds is 6. The van der Waals surface area contributed by atoms with Crippen molar-refractivity contribution in [1.29, 1.82) is 0 Å². The molecule has 0 radical (unpaired) electrons. The molecule has 0 N–H and O–H groups in total. The van der Waals surface area contributed by atoms with Gasteiger partial charge in [-0.2, -0.15) is 0 Å². The maximum absolute atomic E-state index is 2.57. The summed E-state index contributed by atoms with van der Waals surface area (Å²) in [6.45, 7) is 4.87. The number of hydrogen-bond acceptors (Lipinski definition) is 0. The van der Waals surface area contributed by atoms with Gasteiger partial charge in [-0.05, 0) is 98.1 Å². The lowest BCUT2D eigenvalue weighted by Crippen LogP contribution is -2.57. The van der Waals surface area contributed by atoms with E-state index in [2.05, 4.69) is 184 Å². The second-order valence-corrected chi connectivity index (χ2v) is 18.9. The Morgan fingerprint density at radius 2 is 0.843 bits per heavy atom. The van der Waals surface area contributed by atoms with E-state index >= 15 is 0 Å². The summed E-state index contributed by atoms with van der Waals surface area (Å²) in [5, 5.41) is 19.1. The largest absolute Gasteiger partial charge is 0.118 e. The van der Waals surface area contributed by atoms with Gasteiger partial charge in [-0.25, -0.2) is 0 Å². The van der Waals surface area contributed by atoms with E-state index in [4.69, 9.17) is 0 Å². The Morgan fingerprint density at radius 3 is 1.49 bits per heavy atom. The Bertz CT molecular complexity index is 2870. The van der Waals surface area contributed by atoms with E-state index in [1.165, 1.54) is 92.1 Å². The zero-order valence-electron chi connectivity index (χ0n) is 29.1. The van der Waals surface area contributed by atoms with Crippen molar-refractivity contribution in [3.8, 4) is 22.3 Å². The van der Waals surface area contributed by atoms with Crippen molar-refractivity contribution in [2.45, 2.75) is 25.9 Å². The third-order valence-corrected chi connectivity index (χ3v) is 17.2. The lowest BCUT2D eigenvalue weighted by atomic mass is 9.85. The third kappa shape index (κ3) is 4.45. The molecule has 0 atom stereocenters. The van der Waals surface area contributed by atoms with E-state index in [1.54, 1.807) is 5.19 Å². The fourth-order valence-corrected chi connectivity index (χ4v) is 13.8. The van der Waals surface area contributed by atoms with Crippen molar-refractivity contribution in [3.05, 3.63) is 170 Å². The van der Waals surface area contributed by atoms with Gasteiger partial charge in [-0.1, -0.05) is 195 Å². The van der Waals surface area contributed by atoms with E-state index in [-0.39, 0.29) is 0 Å². The lowest BCUT2D eigenvalue weighted by Gasteiger charge is -2.33. The molecule has 0 aliphatic rings. The lowest BCUT2D eigenvalue weighted by molar-refractivity contribution is 1.29. The van der Waals surface area contributed by atoms with E-state index in [1.807, 2.05) is 0 Å². The van der Waals surface area contributed by atoms with Crippen LogP contribution in [-0.4, -0.2) is 8.07 Å². The highest BCUT2D eigenvalue weighted by molar-refractivity contribution is 7.03. The van der Waals surface area contributed by atoms with Crippen LogP contribution in [0.25, 0.3) is 86.9 Å². The number of benzene rings is 10. The highest BCUT2D eigenvalue weighted by atomic mass is 28.3. The van der Waals surface area contributed by atoms with E-state index in [9.17, 15) is 0 Å². The Hall–Kier alpha value is -5.76. The molecule has 0 aromatic heterocycles. The van der Waals surface area contributed by atoms with Crippen LogP contribution >= 0.6 is 0 Å². The van der Waals surface area contributed by atoms with E-state index < -0.39 is 8.07 Å². The zero-order chi connectivity index (χ0) is 34.1. The minimum atomic E-state index is -2.18. The molecular formula is C50H38Si. The minimum absolute atomic E-state index is 1.15. The summed E-state index contributed by atoms with van der Waals surface area (Å²) in [6, 6.07) is 66.7. The van der Waals surface area contributed by atoms with Crippen molar-refractivity contribution in [1.82, 2.24) is 0 Å². The number of hydrogen-bond donors (Lipinski definition) is 0. The van der Waals surface area contributed by atoms with Crippen molar-refractivity contribution in [2.75, 3.05) is 0 Å². The van der Waals surface area contributed by atoms with Crippen LogP contribution in [0.1, 0.15) is 13.8 Å². The molecule has 51 heavy (non-hydrogen) atoms. The van der Waals surface area contributed by atoms with Gasteiger partial charge < -0.3 is 0 Å². The smallest absolute Gasteiger partial charge is 0.0672 e. The van der Waals surface area contributed by atoms with Crippen LogP contribution in [-0.2, 0) is 0 Å². The predicted molar refractivity (Wildman–Crippen MR) is 226 cm³/mol. The highest BCUT2D eigenvalue weighted by Crippen LogP contribution is 2.44. The SMILES string of the molecule is CC[Si](CC)(c1cccc(-c2c3ccccc3c(-c3ccc4ccccc4c3)c3ccccc23)c1)c1ccc2ccc3cccc4ccc1c2c34. The van der Waals surface area contributed by atoms with E-state index in [0.29, 0.717) is 0 Å². The van der Waals surface area contributed by atoms with Crippen LogP contribution in [0, 0.1) is 0 Å². The van der Waals surface area contributed by atoms with Gasteiger partial charge in [0.05, 0.1) is 0 Å². The molecule has 0 bridgehead atoms. The molecule has 0 unspecified atom stereocenters. The molecule has 0 aliphatic heterocycles. The molecule has 0 saturated heterocycles. The molecule has 0 saturated carbocycles. The van der Waals surface area contributed by atoms with Crippen LogP contribution in [0.2, 0.25) is 12.1 Å². The number of fused-ring (bicyclic) bond motifs is 3. The van der Waals surface area contributed by atoms with Crippen LogP contribution in [0.4, 0.5) is 0 Å². The first-order valence-electron chi connectivity index (χ1n) is 18.4. The highest BCUT2D eigenvalue weighted by Gasteiger charge is 2.36. The molecule has 0 fully saturated rings. The minimum Gasteiger partial charge on any atom is -0.0672 e. The van der Waals surface area contributed by atoms with Gasteiger partial charge in [0.2, 0.25) is 0 Å². The summed E-state index contributed by atoms with van der Waals surface area (Å²) < 4.78 is 0. The average molecular weight is 667 g/mol. The Labute approximate surface area is 300 Å². The quantitative estimate of drug-likeness (QED) is 0.0941. The standard InChI is InChI=1S/C50H38Si/c1-3-51(4-2,46-30-28-36-25-24-34-15-11-16-35-27-29-45(46)50(36)47(34)35)40-18-12-17-38(32-40)48-41-19-7-9-21-43(41)49(44-22-10-8-20-42(44)48)39-26-23-33-13-5-6-14-37(33)31-39/h5-32H,3-4H2,1-2H3. The van der Waals surface area contributed by atoms with Gasteiger partial charge in [0.25, 0.3) is 0 Å². The second-order valence-electron chi connectivity index (χ2n) is 14.2. The molecule has 0 heterocycles. The van der Waals surface area contributed by atoms with Gasteiger partial charge in [-0.3, -0.25) is 0 Å². The first kappa shape index (κ1) is 30.1. The first-order valence-corrected chi connectivity index (χ1v) is 20.8. The summed E-state index contributed by atoms with van der Waals surface area (Å²) in [7, 11) is -2.18. The van der Waals surface area contributed by atoms with Gasteiger partial charge in [-0.15, -0.1) is 0 Å². The van der Waals surface area contributed by atoms with Gasteiger partial charge in [0, 0.05) is 0 Å². The van der Waals surface area contributed by atoms with Gasteiger partial charge in [0.1, 0.15) is 8.07 Å². The monoisotopic (exact) mass is 666 g/mol. The predicted octanol–water partition coefficient (Wildman–Crippen LogP) is 13.0. The molecule has 0 nitrogen and oxygen atoms in total. The normalized spacial score (nSPS) is 12.3. The topological polar surface area (TPSA) is 0 Å². The second kappa shape index (κ2) is 11.7. The summed E-state index contributed by atoms with van der Waals surface area (Å²) in [6.07, 6.45) is 0. The van der Waals surface area contributed by atoms with Crippen molar-refractivity contribution < 1.29 is 0 Å². The summed E-state index contributed by atoms with van der Waals surface area (Å²) in [4.78, 5) is 0. The molecule has 242 valence electrons. The Morgan fingerprint density at radius 1 is 0.353 bits per heavy atom. The Balaban J connectivity index is 1.22. The fraction of sp³-hybridized carbons (Fsp3) is 0.0800. The zero-order valence-corrected chi connectivity index (χ0v) is 30.1. The third-order valence-electron chi connectivity index (χ3n) is 11.9. The van der Waals surface area contributed by atoms with Crippen molar-refractivity contribution in [3.63, 3.8) is 0 Å². The summed E-state index contributed by atoms with van der Waals surface area (Å²) >= 11 is 0. The van der Waals surface area contributed by atoms with Crippen LogP contribution in [0.3, 0.4) is 0 Å². The van der Waals surface area contributed by atoms with Crippen molar-refractivity contribution in [2.24, 2.45) is 0 Å². The van der Waals surface area contributed by atoms with Crippen LogP contribution < -0.4 is 10.4 Å². The molecule has 10 rings (SSSR count).